The number of hydrogen-bond acceptors (Lipinski definition) is 3. The molecule has 0 atom stereocenters. The Kier molecular flexibility index (Phi) is 20.2. The first-order valence-corrected chi connectivity index (χ1v) is 12.0. The molecule has 6 heteroatoms. The molecule has 0 saturated heterocycles. The van der Waals surface area contributed by atoms with Crippen LogP contribution in [0.4, 0.5) is 0 Å². The normalized spacial score (nSPS) is 10.9. The Morgan fingerprint density at radius 1 is 0.821 bits per heavy atom. The van der Waals surface area contributed by atoms with Crippen LogP contribution in [0.15, 0.2) is 29.2 Å². The van der Waals surface area contributed by atoms with Crippen molar-refractivity contribution in [3.8, 4) is 0 Å². The predicted octanol–water partition coefficient (Wildman–Crippen LogP) is 6.17. The van der Waals surface area contributed by atoms with Gasteiger partial charge in [0, 0.05) is 27.8 Å². The molecule has 0 radical (unpaired) electrons. The van der Waals surface area contributed by atoms with Crippen LogP contribution in [0, 0.1) is 0 Å². The summed E-state index contributed by atoms with van der Waals surface area (Å²) in [6, 6.07) is 6.73. The molecule has 162 valence electrons. The summed E-state index contributed by atoms with van der Waals surface area (Å²) >= 11 is 0. The molecule has 0 heterocycles. The van der Waals surface area contributed by atoms with Crippen LogP contribution >= 0.6 is 0 Å². The van der Waals surface area contributed by atoms with Crippen LogP contribution < -0.4 is 0 Å². The van der Waals surface area contributed by atoms with Gasteiger partial charge in [-0.2, -0.15) is 8.42 Å². The van der Waals surface area contributed by atoms with Gasteiger partial charge in [-0.1, -0.05) is 89.3 Å². The Bertz CT molecular complexity index is 571. The van der Waals surface area contributed by atoms with Gasteiger partial charge in [-0.15, -0.1) is 0 Å². The molecule has 0 aliphatic carbocycles. The first-order valence-electron chi connectivity index (χ1n) is 10.5. The molecular weight excluding hydrogens is 408 g/mol. The molecular formula is C22H40O4STi. The van der Waals surface area contributed by atoms with E-state index in [-0.39, 0.29) is 32.7 Å². The third kappa shape index (κ3) is 17.9. The predicted molar refractivity (Wildman–Crippen MR) is 114 cm³/mol. The van der Waals surface area contributed by atoms with E-state index in [1.165, 1.54) is 63.9 Å². The maximum Gasteiger partial charge on any atom is 0.294 e. The largest absolute Gasteiger partial charge is 0.394 e. The molecule has 0 aliphatic heterocycles. The average molecular weight is 448 g/mol. The quantitative estimate of drug-likeness (QED) is 0.215. The summed E-state index contributed by atoms with van der Waals surface area (Å²) in [6.45, 7) is 5.69. The zero-order chi connectivity index (χ0) is 20.5. The van der Waals surface area contributed by atoms with Gasteiger partial charge in [-0.05, 0) is 38.3 Å². The molecule has 0 spiro atoms. The van der Waals surface area contributed by atoms with Crippen molar-refractivity contribution in [1.82, 2.24) is 0 Å². The smallest absolute Gasteiger partial charge is 0.294 e. The van der Waals surface area contributed by atoms with E-state index in [4.69, 9.17) is 5.11 Å². The van der Waals surface area contributed by atoms with E-state index >= 15 is 0 Å². The number of unbranched alkanes of at least 4 members (excludes halogenated alkanes) is 10. The van der Waals surface area contributed by atoms with E-state index in [0.717, 1.165) is 18.4 Å². The Morgan fingerprint density at radius 2 is 1.21 bits per heavy atom. The van der Waals surface area contributed by atoms with Crippen molar-refractivity contribution >= 4 is 10.1 Å². The van der Waals surface area contributed by atoms with E-state index in [2.05, 4.69) is 6.92 Å². The van der Waals surface area contributed by atoms with Gasteiger partial charge in [0.15, 0.2) is 0 Å². The first kappa shape index (κ1) is 30.0. The molecule has 0 aliphatic rings. The van der Waals surface area contributed by atoms with Crippen molar-refractivity contribution in [2.75, 3.05) is 0 Å². The average Bonchev–Trinajstić information content (AvgIpc) is 2.59. The topological polar surface area (TPSA) is 74.6 Å². The van der Waals surface area contributed by atoms with Gasteiger partial charge in [0.05, 0.1) is 4.90 Å². The van der Waals surface area contributed by atoms with Crippen LogP contribution in [-0.2, 0) is 38.3 Å². The van der Waals surface area contributed by atoms with Crippen molar-refractivity contribution in [3.63, 3.8) is 0 Å². The number of rotatable bonds is 13. The summed E-state index contributed by atoms with van der Waals surface area (Å²) in [4.78, 5) is 0.0621. The van der Waals surface area contributed by atoms with Crippen molar-refractivity contribution in [2.45, 2.75) is 109 Å². The molecule has 0 amide bonds. The van der Waals surface area contributed by atoms with Gasteiger partial charge in [0.1, 0.15) is 0 Å². The van der Waals surface area contributed by atoms with Crippen LogP contribution in [0.2, 0.25) is 0 Å². The summed E-state index contributed by atoms with van der Waals surface area (Å²) in [6.07, 6.45) is 14.6. The standard InChI is InChI=1S/C19H32O3S.C3H8O.Ti/c1-2-3-4-5-6-7-8-9-10-11-12-15-18-16-13-14-17-19(18)23(20,21)22;1-3(2)4;/h13-14,16-17H,2-12,15H2,1H3,(H,20,21,22);3-4H,1-2H3;. The third-order valence-corrected chi connectivity index (χ3v) is 5.25. The summed E-state index contributed by atoms with van der Waals surface area (Å²) in [5.41, 5.74) is 0.728. The van der Waals surface area contributed by atoms with E-state index in [9.17, 15) is 13.0 Å². The molecule has 0 fully saturated rings. The Morgan fingerprint density at radius 3 is 1.64 bits per heavy atom. The molecule has 1 aromatic carbocycles. The molecule has 1 aromatic rings. The van der Waals surface area contributed by atoms with Crippen molar-refractivity contribution in [3.05, 3.63) is 29.8 Å². The SMILES string of the molecule is CC(C)O.CCCCCCCCCCCCCc1ccccc1S(=O)(=O)O.[Ti]. The Hall–Kier alpha value is -0.196. The van der Waals surface area contributed by atoms with Gasteiger partial charge in [0.2, 0.25) is 0 Å². The second kappa shape index (κ2) is 18.8. The summed E-state index contributed by atoms with van der Waals surface area (Å²) in [5.74, 6) is 0. The van der Waals surface area contributed by atoms with Gasteiger partial charge < -0.3 is 5.11 Å². The number of aryl methyl sites for hydroxylation is 1. The zero-order valence-corrected chi connectivity index (χ0v) is 20.4. The number of aliphatic hydroxyl groups excluding tert-OH is 1. The maximum atomic E-state index is 11.3. The molecule has 0 aromatic heterocycles. The van der Waals surface area contributed by atoms with E-state index < -0.39 is 10.1 Å². The van der Waals surface area contributed by atoms with Crippen LogP contribution in [-0.4, -0.2) is 24.2 Å². The molecule has 0 unspecified atom stereocenters. The van der Waals surface area contributed by atoms with Crippen LogP contribution in [0.3, 0.4) is 0 Å². The first-order chi connectivity index (χ1) is 12.8. The van der Waals surface area contributed by atoms with Gasteiger partial charge in [0.25, 0.3) is 10.1 Å². The summed E-state index contributed by atoms with van der Waals surface area (Å²) in [7, 11) is -4.10. The summed E-state index contributed by atoms with van der Waals surface area (Å²) < 4.78 is 31.8. The third-order valence-electron chi connectivity index (χ3n) is 4.30. The zero-order valence-electron chi connectivity index (χ0n) is 18.0. The second-order valence-electron chi connectivity index (χ2n) is 7.46. The fourth-order valence-electron chi connectivity index (χ4n) is 2.94. The number of benzene rings is 1. The Labute approximate surface area is 188 Å². The minimum atomic E-state index is -4.10. The minimum absolute atomic E-state index is 0. The molecule has 1 rings (SSSR count). The molecule has 0 saturated carbocycles. The fourth-order valence-corrected chi connectivity index (χ4v) is 3.69. The van der Waals surface area contributed by atoms with Gasteiger partial charge >= 0.3 is 0 Å². The van der Waals surface area contributed by atoms with Crippen LogP contribution in [0.5, 0.6) is 0 Å². The van der Waals surface area contributed by atoms with E-state index in [1.54, 1.807) is 26.0 Å². The molecule has 2 N–H and O–H groups in total. The van der Waals surface area contributed by atoms with Crippen molar-refractivity contribution < 1.29 is 39.8 Å². The van der Waals surface area contributed by atoms with Crippen molar-refractivity contribution in [1.29, 1.82) is 0 Å². The van der Waals surface area contributed by atoms with Gasteiger partial charge in [-0.3, -0.25) is 4.55 Å². The summed E-state index contributed by atoms with van der Waals surface area (Å²) in [5, 5.41) is 8.06. The van der Waals surface area contributed by atoms with Gasteiger partial charge in [-0.25, -0.2) is 0 Å². The van der Waals surface area contributed by atoms with Crippen LogP contribution in [0.1, 0.15) is 97.0 Å². The second-order valence-corrected chi connectivity index (χ2v) is 8.85. The Balaban J connectivity index is 0. The van der Waals surface area contributed by atoms with E-state index in [0.29, 0.717) is 6.42 Å². The van der Waals surface area contributed by atoms with Crippen LogP contribution in [0.25, 0.3) is 0 Å². The molecule has 0 bridgehead atoms. The maximum absolute atomic E-state index is 11.3. The van der Waals surface area contributed by atoms with Crippen molar-refractivity contribution in [2.24, 2.45) is 0 Å². The number of aliphatic hydroxyl groups is 1. The van der Waals surface area contributed by atoms with E-state index in [1.807, 2.05) is 6.07 Å². The monoisotopic (exact) mass is 448 g/mol. The molecule has 4 nitrogen and oxygen atoms in total. The number of hydrogen-bond donors (Lipinski definition) is 2. The molecule has 28 heavy (non-hydrogen) atoms. The minimum Gasteiger partial charge on any atom is -0.394 e. The fraction of sp³-hybridized carbons (Fsp3) is 0.727.